The molecule has 202 valence electrons. The zero-order chi connectivity index (χ0) is 27.5. The highest BCUT2D eigenvalue weighted by atomic mass is 15.3. The lowest BCUT2D eigenvalue weighted by Crippen LogP contribution is -2.28. The number of benzene rings is 2. The van der Waals surface area contributed by atoms with Crippen molar-refractivity contribution in [3.05, 3.63) is 114 Å². The van der Waals surface area contributed by atoms with E-state index >= 15 is 0 Å². The van der Waals surface area contributed by atoms with E-state index in [-0.39, 0.29) is 0 Å². The number of anilines is 1. The molecule has 5 aromatic rings. The summed E-state index contributed by atoms with van der Waals surface area (Å²) in [5.74, 6) is 2.25. The monoisotopic (exact) mass is 527 g/mol. The normalized spacial score (nSPS) is 13.9. The first-order valence-corrected chi connectivity index (χ1v) is 14.5. The summed E-state index contributed by atoms with van der Waals surface area (Å²) in [4.78, 5) is 12.2. The van der Waals surface area contributed by atoms with E-state index in [1.165, 1.54) is 48.8 Å². The van der Waals surface area contributed by atoms with Gasteiger partial charge in [-0.25, -0.2) is 14.6 Å². The van der Waals surface area contributed by atoms with Gasteiger partial charge in [0, 0.05) is 23.0 Å². The molecule has 5 heteroatoms. The second-order valence-electron chi connectivity index (χ2n) is 11.0. The molecular weight excluding hydrogens is 490 g/mol. The minimum Gasteiger partial charge on any atom is -0.326 e. The van der Waals surface area contributed by atoms with Crippen LogP contribution in [0.3, 0.4) is 0 Å². The Hall–Kier alpha value is -4.25. The molecule has 6 rings (SSSR count). The molecule has 2 aromatic carbocycles. The average Bonchev–Trinajstić information content (AvgIpc) is 3.44. The van der Waals surface area contributed by atoms with Gasteiger partial charge in [0.1, 0.15) is 5.82 Å². The summed E-state index contributed by atoms with van der Waals surface area (Å²) in [6, 6.07) is 25.7. The van der Waals surface area contributed by atoms with Gasteiger partial charge in [0.05, 0.1) is 18.3 Å². The summed E-state index contributed by atoms with van der Waals surface area (Å²) < 4.78 is 1.90. The smallest absolute Gasteiger partial charge is 0.153 e. The highest BCUT2D eigenvalue weighted by Crippen LogP contribution is 2.35. The number of allylic oxidation sites excluding steroid dienone is 1. The van der Waals surface area contributed by atoms with E-state index in [1.54, 1.807) is 0 Å². The largest absolute Gasteiger partial charge is 0.326 e. The van der Waals surface area contributed by atoms with Gasteiger partial charge in [0.15, 0.2) is 5.82 Å². The number of fused-ring (bicyclic) bond motifs is 1. The van der Waals surface area contributed by atoms with Crippen LogP contribution in [0.2, 0.25) is 0 Å². The molecule has 0 unspecified atom stereocenters. The second kappa shape index (κ2) is 11.5. The summed E-state index contributed by atoms with van der Waals surface area (Å²) in [5.41, 5.74) is 8.11. The van der Waals surface area contributed by atoms with Crippen molar-refractivity contribution in [3.8, 4) is 16.9 Å². The van der Waals surface area contributed by atoms with Crippen molar-refractivity contribution in [2.45, 2.75) is 58.9 Å². The Labute approximate surface area is 237 Å². The first-order valence-electron chi connectivity index (χ1n) is 14.5. The summed E-state index contributed by atoms with van der Waals surface area (Å²) in [6.07, 6.45) is 11.1. The maximum atomic E-state index is 5.04. The second-order valence-corrected chi connectivity index (χ2v) is 11.0. The van der Waals surface area contributed by atoms with E-state index < -0.39 is 0 Å². The van der Waals surface area contributed by atoms with E-state index in [1.807, 2.05) is 29.2 Å². The van der Waals surface area contributed by atoms with Crippen molar-refractivity contribution in [2.24, 2.45) is 5.92 Å². The van der Waals surface area contributed by atoms with Gasteiger partial charge in [-0.3, -0.25) is 0 Å². The number of aromatic nitrogens is 4. The predicted octanol–water partition coefficient (Wildman–Crippen LogP) is 8.45. The quantitative estimate of drug-likeness (QED) is 0.203. The van der Waals surface area contributed by atoms with Crippen molar-refractivity contribution < 1.29 is 0 Å². The molecule has 1 aliphatic rings. The van der Waals surface area contributed by atoms with Crippen LogP contribution in [0.15, 0.2) is 97.5 Å². The number of hydrogen-bond acceptors (Lipinski definition) is 4. The van der Waals surface area contributed by atoms with Crippen LogP contribution in [0.25, 0.3) is 27.8 Å². The summed E-state index contributed by atoms with van der Waals surface area (Å²) in [5, 5.41) is 5.68. The Kier molecular flexibility index (Phi) is 7.45. The Bertz CT molecular complexity index is 1630. The molecule has 0 N–H and O–H groups in total. The third-order valence-electron chi connectivity index (χ3n) is 8.15. The predicted molar refractivity (Wildman–Crippen MR) is 165 cm³/mol. The average molecular weight is 528 g/mol. The molecule has 5 nitrogen and oxygen atoms in total. The van der Waals surface area contributed by atoms with Crippen molar-refractivity contribution in [2.75, 3.05) is 4.90 Å². The fraction of sp³-hybridized carbons (Fsp3) is 0.286. The third-order valence-corrected chi connectivity index (χ3v) is 8.15. The van der Waals surface area contributed by atoms with Crippen molar-refractivity contribution >= 4 is 16.7 Å². The summed E-state index contributed by atoms with van der Waals surface area (Å²) in [7, 11) is 0. The number of nitrogens with zero attached hydrogens (tertiary/aromatic N) is 5. The number of hydrogen-bond donors (Lipinski definition) is 0. The van der Waals surface area contributed by atoms with Crippen LogP contribution in [0.4, 0.5) is 5.82 Å². The Morgan fingerprint density at radius 2 is 1.75 bits per heavy atom. The fourth-order valence-electron chi connectivity index (χ4n) is 5.89. The van der Waals surface area contributed by atoms with Gasteiger partial charge >= 0.3 is 0 Å². The van der Waals surface area contributed by atoms with Crippen molar-refractivity contribution in [3.63, 3.8) is 0 Å². The molecule has 0 radical (unpaired) electrons. The topological polar surface area (TPSA) is 46.8 Å². The van der Waals surface area contributed by atoms with Crippen LogP contribution in [0.5, 0.6) is 0 Å². The molecule has 0 amide bonds. The highest BCUT2D eigenvalue weighted by Gasteiger charge is 2.24. The number of pyridine rings is 2. The van der Waals surface area contributed by atoms with Crippen molar-refractivity contribution in [1.82, 2.24) is 19.7 Å². The maximum absolute atomic E-state index is 5.04. The van der Waals surface area contributed by atoms with Gasteiger partial charge in [-0.2, -0.15) is 5.10 Å². The molecule has 0 saturated heterocycles. The van der Waals surface area contributed by atoms with Gasteiger partial charge in [0.25, 0.3) is 0 Å². The summed E-state index contributed by atoms with van der Waals surface area (Å²) >= 11 is 0. The SMILES string of the molecule is C=C(C1CCCCC1)N(Cc1ccc(-n2ncc3ccccc32)nc1)c1cc(-c2cccc(CC)c2)cc(C)n1. The Morgan fingerprint density at radius 1 is 0.900 bits per heavy atom. The van der Waals surface area contributed by atoms with E-state index in [0.29, 0.717) is 12.5 Å². The molecule has 1 aliphatic carbocycles. The van der Waals surface area contributed by atoms with Crippen LogP contribution in [0, 0.1) is 12.8 Å². The van der Waals surface area contributed by atoms with E-state index in [4.69, 9.17) is 9.97 Å². The van der Waals surface area contributed by atoms with Crippen LogP contribution >= 0.6 is 0 Å². The number of rotatable bonds is 8. The van der Waals surface area contributed by atoms with Gasteiger partial charge in [0.2, 0.25) is 0 Å². The first kappa shape index (κ1) is 26.0. The molecule has 40 heavy (non-hydrogen) atoms. The Morgan fingerprint density at radius 3 is 2.55 bits per heavy atom. The lowest BCUT2D eigenvalue weighted by molar-refractivity contribution is 0.395. The fourth-order valence-corrected chi connectivity index (χ4v) is 5.89. The van der Waals surface area contributed by atoms with E-state index in [9.17, 15) is 0 Å². The minimum absolute atomic E-state index is 0.477. The minimum atomic E-state index is 0.477. The third kappa shape index (κ3) is 5.42. The van der Waals surface area contributed by atoms with Crippen molar-refractivity contribution in [1.29, 1.82) is 0 Å². The standard InChI is InChI=1S/C35H37N5/c1-4-27-11-10-15-30(20-27)32-19-25(2)38-35(21-32)39(26(3)29-12-6-5-7-13-29)24-28-17-18-34(36-22-28)40-33-16-9-8-14-31(33)23-37-40/h8-11,14-23,29H,3-7,12-13,24H2,1-2H3. The lowest BCUT2D eigenvalue weighted by Gasteiger charge is -2.33. The molecule has 3 heterocycles. The van der Waals surface area contributed by atoms with E-state index in [0.717, 1.165) is 45.9 Å². The molecule has 3 aromatic heterocycles. The van der Waals surface area contributed by atoms with E-state index in [2.05, 4.69) is 91.1 Å². The lowest BCUT2D eigenvalue weighted by atomic mass is 9.86. The van der Waals surface area contributed by atoms with Crippen LogP contribution < -0.4 is 4.90 Å². The van der Waals surface area contributed by atoms with Gasteiger partial charge in [-0.05, 0) is 78.6 Å². The highest BCUT2D eigenvalue weighted by molar-refractivity contribution is 5.79. The zero-order valence-corrected chi connectivity index (χ0v) is 23.6. The maximum Gasteiger partial charge on any atom is 0.153 e. The Balaban J connectivity index is 1.34. The molecule has 0 atom stereocenters. The molecule has 0 bridgehead atoms. The molecule has 0 aliphatic heterocycles. The van der Waals surface area contributed by atoms with Crippen LogP contribution in [-0.2, 0) is 13.0 Å². The van der Waals surface area contributed by atoms with Gasteiger partial charge < -0.3 is 4.90 Å². The first-order chi connectivity index (χ1) is 19.6. The van der Waals surface area contributed by atoms with Gasteiger partial charge in [-0.1, -0.05) is 81.3 Å². The number of para-hydroxylation sites is 1. The summed E-state index contributed by atoms with van der Waals surface area (Å²) in [6.45, 7) is 9.62. The van der Waals surface area contributed by atoms with Crippen LogP contribution in [0.1, 0.15) is 55.8 Å². The number of aryl methyl sites for hydroxylation is 2. The zero-order valence-electron chi connectivity index (χ0n) is 23.6. The molecular formula is C35H37N5. The molecule has 1 saturated carbocycles. The molecule has 1 fully saturated rings. The van der Waals surface area contributed by atoms with Gasteiger partial charge in [-0.15, -0.1) is 0 Å². The molecule has 0 spiro atoms. The van der Waals surface area contributed by atoms with Crippen LogP contribution in [-0.4, -0.2) is 19.7 Å².